The second-order valence-electron chi connectivity index (χ2n) is 4.42. The lowest BCUT2D eigenvalue weighted by molar-refractivity contribution is 0.107. The molecule has 0 aliphatic rings. The van der Waals surface area contributed by atoms with Crippen LogP contribution in [0.1, 0.15) is 16.1 Å². The third-order valence-electron chi connectivity index (χ3n) is 3.09. The molecule has 0 fully saturated rings. The van der Waals surface area contributed by atoms with Gasteiger partial charge in [-0.25, -0.2) is 4.39 Å². The van der Waals surface area contributed by atoms with Crippen LogP contribution < -0.4 is 0 Å². The highest BCUT2D eigenvalue weighted by molar-refractivity contribution is 6.68. The number of carbonyl (C=O) groups excluding carboxylic acids is 1. The molecule has 3 rings (SSSR count). The van der Waals surface area contributed by atoms with Gasteiger partial charge in [0.25, 0.3) is 5.24 Å². The zero-order valence-electron chi connectivity index (χ0n) is 10.4. The molecule has 2 aromatic carbocycles. The van der Waals surface area contributed by atoms with Gasteiger partial charge in [-0.05, 0) is 35.4 Å². The summed E-state index contributed by atoms with van der Waals surface area (Å²) in [6.07, 6.45) is 0. The van der Waals surface area contributed by atoms with Crippen molar-refractivity contribution in [3.63, 3.8) is 0 Å². The van der Waals surface area contributed by atoms with E-state index >= 15 is 0 Å². The van der Waals surface area contributed by atoms with E-state index in [1.165, 1.54) is 12.1 Å². The predicted octanol–water partition coefficient (Wildman–Crippen LogP) is 3.60. The number of carbonyl (C=O) groups is 1. The van der Waals surface area contributed by atoms with Crippen LogP contribution in [0.25, 0.3) is 10.9 Å². The van der Waals surface area contributed by atoms with Crippen molar-refractivity contribution in [2.75, 3.05) is 0 Å². The number of aromatic nitrogens is 2. The van der Waals surface area contributed by atoms with Gasteiger partial charge in [-0.1, -0.05) is 30.3 Å². The van der Waals surface area contributed by atoms with Crippen LogP contribution in [0.15, 0.2) is 48.5 Å². The van der Waals surface area contributed by atoms with Gasteiger partial charge in [0.2, 0.25) is 0 Å². The topological polar surface area (TPSA) is 34.9 Å². The third-order valence-corrected chi connectivity index (χ3v) is 3.27. The highest BCUT2D eigenvalue weighted by atomic mass is 35.5. The van der Waals surface area contributed by atoms with Gasteiger partial charge in [0.15, 0.2) is 5.69 Å². The molecular formula is C15H10ClFN2O. The van der Waals surface area contributed by atoms with Gasteiger partial charge in [-0.2, -0.15) is 5.10 Å². The number of hydrogen-bond donors (Lipinski definition) is 0. The summed E-state index contributed by atoms with van der Waals surface area (Å²) < 4.78 is 14.6. The number of hydrogen-bond acceptors (Lipinski definition) is 2. The average Bonchev–Trinajstić information content (AvgIpc) is 2.81. The lowest BCUT2D eigenvalue weighted by atomic mass is 10.2. The van der Waals surface area contributed by atoms with Crippen molar-refractivity contribution in [3.8, 4) is 0 Å². The minimum absolute atomic E-state index is 0.240. The van der Waals surface area contributed by atoms with Crippen molar-refractivity contribution in [2.45, 2.75) is 6.54 Å². The number of halogens is 2. The Morgan fingerprint density at radius 3 is 2.55 bits per heavy atom. The summed E-state index contributed by atoms with van der Waals surface area (Å²) in [5, 5.41) is 4.38. The molecule has 20 heavy (non-hydrogen) atoms. The molecule has 0 bridgehead atoms. The first-order valence-corrected chi connectivity index (χ1v) is 6.43. The Labute approximate surface area is 119 Å². The standard InChI is InChI=1S/C15H10ClFN2O/c16-15(20)14-12-3-1-2-4-13(12)19(18-14)9-10-5-7-11(17)8-6-10/h1-8H,9H2. The number of benzene rings is 2. The van der Waals surface area contributed by atoms with Crippen LogP contribution in [0.4, 0.5) is 4.39 Å². The van der Waals surface area contributed by atoms with E-state index in [4.69, 9.17) is 11.6 Å². The van der Waals surface area contributed by atoms with Crippen LogP contribution >= 0.6 is 11.6 Å². The van der Waals surface area contributed by atoms with E-state index in [2.05, 4.69) is 5.10 Å². The molecule has 0 radical (unpaired) electrons. The Balaban J connectivity index is 2.07. The SMILES string of the molecule is O=C(Cl)c1nn(Cc2ccc(F)cc2)c2ccccc12. The number of para-hydroxylation sites is 1. The molecule has 0 aliphatic carbocycles. The number of nitrogens with zero attached hydrogens (tertiary/aromatic N) is 2. The smallest absolute Gasteiger partial charge is 0.273 e. The molecule has 1 aromatic heterocycles. The second-order valence-corrected chi connectivity index (χ2v) is 4.77. The van der Waals surface area contributed by atoms with Gasteiger partial charge in [0.1, 0.15) is 5.82 Å². The maximum absolute atomic E-state index is 12.9. The minimum atomic E-state index is -0.584. The van der Waals surface area contributed by atoms with Gasteiger partial charge < -0.3 is 0 Å². The van der Waals surface area contributed by atoms with Crippen molar-refractivity contribution in [1.29, 1.82) is 0 Å². The highest BCUT2D eigenvalue weighted by Gasteiger charge is 2.14. The largest absolute Gasteiger partial charge is 0.274 e. The first-order chi connectivity index (χ1) is 9.65. The minimum Gasteiger partial charge on any atom is -0.274 e. The molecule has 3 aromatic rings. The van der Waals surface area contributed by atoms with Crippen molar-refractivity contribution >= 4 is 27.7 Å². The fourth-order valence-electron chi connectivity index (χ4n) is 2.16. The van der Waals surface area contributed by atoms with Crippen molar-refractivity contribution in [3.05, 3.63) is 65.6 Å². The van der Waals surface area contributed by atoms with Gasteiger partial charge in [0, 0.05) is 5.39 Å². The van der Waals surface area contributed by atoms with Gasteiger partial charge in [-0.15, -0.1) is 0 Å². The first-order valence-electron chi connectivity index (χ1n) is 6.05. The van der Waals surface area contributed by atoms with E-state index in [1.54, 1.807) is 22.9 Å². The molecule has 0 saturated heterocycles. The van der Waals surface area contributed by atoms with E-state index in [1.807, 2.05) is 18.2 Å². The number of fused-ring (bicyclic) bond motifs is 1. The molecule has 1 heterocycles. The molecule has 5 heteroatoms. The number of rotatable bonds is 3. The summed E-state index contributed by atoms with van der Waals surface area (Å²) in [7, 11) is 0. The van der Waals surface area contributed by atoms with E-state index in [0.717, 1.165) is 16.5 Å². The molecule has 0 amide bonds. The summed E-state index contributed by atoms with van der Waals surface area (Å²) in [6.45, 7) is 0.449. The zero-order chi connectivity index (χ0) is 14.1. The molecule has 0 saturated carbocycles. The fraction of sp³-hybridized carbons (Fsp3) is 0.0667. The second kappa shape index (κ2) is 5.06. The molecule has 0 aliphatic heterocycles. The molecule has 0 spiro atoms. The van der Waals surface area contributed by atoms with E-state index in [-0.39, 0.29) is 11.5 Å². The van der Waals surface area contributed by atoms with Crippen LogP contribution in [0.3, 0.4) is 0 Å². The van der Waals surface area contributed by atoms with Crippen LogP contribution in [0, 0.1) is 5.82 Å². The first kappa shape index (κ1) is 12.8. The maximum atomic E-state index is 12.9. The van der Waals surface area contributed by atoms with Gasteiger partial charge in [0.05, 0.1) is 12.1 Å². The summed E-state index contributed by atoms with van der Waals surface area (Å²) >= 11 is 5.55. The Morgan fingerprint density at radius 1 is 1.15 bits per heavy atom. The summed E-state index contributed by atoms with van der Waals surface area (Å²) in [5.41, 5.74) is 1.96. The van der Waals surface area contributed by atoms with Gasteiger partial charge in [-0.3, -0.25) is 9.48 Å². The Bertz CT molecular complexity index is 780. The van der Waals surface area contributed by atoms with Crippen molar-refractivity contribution in [1.82, 2.24) is 9.78 Å². The molecule has 100 valence electrons. The summed E-state index contributed by atoms with van der Waals surface area (Å²) in [4.78, 5) is 11.4. The molecular weight excluding hydrogens is 279 g/mol. The molecule has 0 atom stereocenters. The molecule has 0 N–H and O–H groups in total. The van der Waals surface area contributed by atoms with Crippen LogP contribution in [-0.2, 0) is 6.54 Å². The quantitative estimate of drug-likeness (QED) is 0.690. The van der Waals surface area contributed by atoms with Crippen molar-refractivity contribution < 1.29 is 9.18 Å². The summed E-state index contributed by atoms with van der Waals surface area (Å²) in [5.74, 6) is -0.282. The van der Waals surface area contributed by atoms with Crippen molar-refractivity contribution in [2.24, 2.45) is 0 Å². The predicted molar refractivity (Wildman–Crippen MR) is 75.4 cm³/mol. The zero-order valence-corrected chi connectivity index (χ0v) is 11.1. The Morgan fingerprint density at radius 2 is 1.85 bits per heavy atom. The van der Waals surface area contributed by atoms with E-state index < -0.39 is 5.24 Å². The maximum Gasteiger partial charge on any atom is 0.273 e. The highest BCUT2D eigenvalue weighted by Crippen LogP contribution is 2.21. The van der Waals surface area contributed by atoms with Crippen LogP contribution in [0.5, 0.6) is 0 Å². The average molecular weight is 289 g/mol. The van der Waals surface area contributed by atoms with Gasteiger partial charge >= 0.3 is 0 Å². The van der Waals surface area contributed by atoms with Crippen LogP contribution in [0.2, 0.25) is 0 Å². The lowest BCUT2D eigenvalue weighted by Gasteiger charge is -2.03. The molecule has 3 nitrogen and oxygen atoms in total. The Hall–Kier alpha value is -2.20. The van der Waals surface area contributed by atoms with E-state index in [0.29, 0.717) is 6.54 Å². The third kappa shape index (κ3) is 2.30. The normalized spacial score (nSPS) is 10.9. The lowest BCUT2D eigenvalue weighted by Crippen LogP contribution is -2.03. The van der Waals surface area contributed by atoms with Crippen LogP contribution in [-0.4, -0.2) is 15.0 Å². The van der Waals surface area contributed by atoms with E-state index in [9.17, 15) is 9.18 Å². The summed E-state index contributed by atoms with van der Waals surface area (Å²) in [6, 6.07) is 13.5. The Kier molecular flexibility index (Phi) is 3.24. The monoisotopic (exact) mass is 288 g/mol. The molecule has 0 unspecified atom stereocenters. The fourth-order valence-corrected chi connectivity index (χ4v) is 2.30.